The lowest BCUT2D eigenvalue weighted by molar-refractivity contribution is -0.144. The summed E-state index contributed by atoms with van der Waals surface area (Å²) in [5.41, 5.74) is 5.41. The van der Waals surface area contributed by atoms with E-state index in [1.54, 1.807) is 0 Å². The van der Waals surface area contributed by atoms with Crippen LogP contribution in [0, 0.1) is 130 Å². The van der Waals surface area contributed by atoms with Gasteiger partial charge >= 0.3 is 0 Å². The van der Waals surface area contributed by atoms with Crippen molar-refractivity contribution in [1.29, 1.82) is 0 Å². The number of hydrogen-bond donors (Lipinski definition) is 6. The minimum absolute atomic E-state index is 0. The number of likely N-dealkylation sites (tertiary alicyclic amines) is 3. The van der Waals surface area contributed by atoms with Crippen LogP contribution in [-0.4, -0.2) is 304 Å². The molecule has 147 heavy (non-hydrogen) atoms. The number of ketones is 7. The first kappa shape index (κ1) is 129. The van der Waals surface area contributed by atoms with Gasteiger partial charge in [-0.15, -0.1) is 0 Å². The third kappa shape index (κ3) is 45.3. The molecule has 28 heteroatoms. The maximum Gasteiger partial charge on any atom is 0.225 e. The number of nitrogens with one attached hydrogen (secondary N) is 5. The number of hydrogen-bond acceptors (Lipinski definition) is 21. The molecule has 7 saturated carbocycles. The van der Waals surface area contributed by atoms with E-state index in [0.717, 1.165) is 336 Å². The van der Waals surface area contributed by atoms with Crippen LogP contribution in [0.3, 0.4) is 0 Å². The number of Topliss-reactive ketones (excluding diaryl/α,β-unsaturated/α-hetero) is 7. The molecule has 6 saturated heterocycles. The van der Waals surface area contributed by atoms with Crippen LogP contribution in [-0.2, 0) is 67.1 Å². The number of nitrogens with two attached hydrogens (primary N) is 1. The van der Waals surface area contributed by atoms with E-state index < -0.39 is 0 Å². The Morgan fingerprint density at radius 2 is 0.503 bits per heavy atom. The fourth-order valence-corrected chi connectivity index (χ4v) is 24.5. The molecule has 6 aliphatic heterocycles. The summed E-state index contributed by atoms with van der Waals surface area (Å²) in [6.07, 6.45) is 35.8. The Kier molecular flexibility index (Phi) is 61.7. The Hall–Kier alpha value is -6.30. The molecule has 13 aliphatic rings. The molecule has 13 rings (SSSR count). The van der Waals surface area contributed by atoms with Crippen molar-refractivity contribution in [1.82, 2.24) is 65.8 Å². The molecule has 0 spiro atoms. The lowest BCUT2D eigenvalue weighted by Gasteiger charge is -2.40. The van der Waals surface area contributed by atoms with Crippen molar-refractivity contribution in [2.24, 2.45) is 136 Å². The third-order valence-corrected chi connectivity index (χ3v) is 34.2. The van der Waals surface area contributed by atoms with Crippen LogP contribution in [0.25, 0.3) is 0 Å². The SMILES string of the molecule is C.CC(C)C(=O)C1CCC(C(=O)N2CCN(CCN3CCCC3)CC2)CC1.CC(C)C(=O)C1CCC(C(=O)N2CCNCC2)CC1.CC(C)C(=O)C1CCC(C(=O)NCCCCN)CC1.CC(C)C(=O)C1CCC(C(=O)NCCN2CCCCC2)CC1.CC1CN(C(=O)C2CCC(C(=O)C(C)C)CC2)C1.CCCN1CCN(C(=O)C2CCC(C(=O)C(C)C)CC2)CC1.CCCNCCNC(=O)C1CCC(C(=O)C(C)C)CC1. The highest BCUT2D eigenvalue weighted by atomic mass is 16.2. The number of amides is 7. The summed E-state index contributed by atoms with van der Waals surface area (Å²) in [6, 6.07) is 0. The maximum absolute atomic E-state index is 12.9. The summed E-state index contributed by atoms with van der Waals surface area (Å²) >= 11 is 0. The maximum atomic E-state index is 12.9. The standard InChI is InChI=1S/C21H37N3O2.2C18H32N2O2.C16H30N2O2.C15H26N2O2.C15H28N2O2.C15H25NO2.CH4/c1-17(2)20(25)18-5-7-19(8-6-18)21(26)24-15-13-23(14-16-24)12-11-22-9-3-4-10-22;1-14(2)17(21)15-6-8-16(9-7-15)18(22)19-10-13-20-11-4-3-5-12-20;1-4-9-19-10-12-20(13-11-19)18(22)16-7-5-15(6-8-16)17(21)14(2)3;1-4-9-17-10-11-18-16(20)14-7-5-13(6-8-14)15(19)12(2)3;1-11(2)14(18)12-3-5-13(6-4-12)15(19)17-9-7-16-8-10-17;1-11(2)14(18)12-5-7-13(8-6-12)15(19)17-10-4-3-9-16;1-10(2)14(17)12-4-6-13(7-5-12)15(18)16-8-11(3)9-16;/h17-19H,3-16H2,1-2H3;14-16H,3-13H2,1-2H3,(H,19,22);14-16H,4-13H2,1-3H3;12-14,17H,4-11H2,1-3H3,(H,18,20);11-13,16H,3-10H2,1-2H3;11-13H,3-10,16H2,1-2H3,(H,17,19);10-13H,4-9H2,1-3H3;1H4. The van der Waals surface area contributed by atoms with Crippen molar-refractivity contribution >= 4 is 81.8 Å². The monoisotopic (exact) mass is 2060 g/mol. The minimum atomic E-state index is 0. The molecule has 844 valence electrons. The normalized spacial score (nSPS) is 26.5. The molecule has 0 radical (unpaired) electrons. The molecule has 0 aromatic rings. The molecule has 0 aromatic carbocycles. The van der Waals surface area contributed by atoms with Crippen LogP contribution in [0.4, 0.5) is 0 Å². The first-order valence-corrected chi connectivity index (χ1v) is 59.6. The number of carbonyl (C=O) groups is 14. The Labute approximate surface area is 891 Å². The molecule has 0 atom stereocenters. The van der Waals surface area contributed by atoms with Crippen LogP contribution in [0.15, 0.2) is 0 Å². The molecule has 13 fully saturated rings. The van der Waals surface area contributed by atoms with Gasteiger partial charge in [-0.25, -0.2) is 0 Å². The molecule has 0 bridgehead atoms. The van der Waals surface area contributed by atoms with Gasteiger partial charge in [-0.2, -0.15) is 0 Å². The van der Waals surface area contributed by atoms with E-state index in [9.17, 15) is 67.1 Å². The molecule has 7 N–H and O–H groups in total. The zero-order valence-electron chi connectivity index (χ0n) is 95.0. The predicted molar refractivity (Wildman–Crippen MR) is 592 cm³/mol. The molecule has 6 heterocycles. The van der Waals surface area contributed by atoms with Gasteiger partial charge in [-0.05, 0) is 283 Å². The van der Waals surface area contributed by atoms with E-state index in [1.807, 2.05) is 107 Å². The molecular weight excluding hydrogens is 1850 g/mol. The van der Waals surface area contributed by atoms with Gasteiger partial charge < -0.3 is 61.7 Å². The van der Waals surface area contributed by atoms with Crippen LogP contribution in [0.1, 0.15) is 363 Å². The summed E-state index contributed by atoms with van der Waals surface area (Å²) in [7, 11) is 0. The second-order valence-corrected chi connectivity index (χ2v) is 48.1. The Morgan fingerprint density at radius 1 is 0.259 bits per heavy atom. The molecular formula is C119H214N14O14. The number of piperazine rings is 3. The van der Waals surface area contributed by atoms with E-state index in [0.29, 0.717) is 83.1 Å². The topological polar surface area (TPSA) is 351 Å². The highest BCUT2D eigenvalue weighted by Crippen LogP contribution is 2.40. The number of rotatable bonds is 38. The van der Waals surface area contributed by atoms with Crippen molar-refractivity contribution in [3.63, 3.8) is 0 Å². The fourth-order valence-electron chi connectivity index (χ4n) is 24.5. The average Bonchev–Trinajstić information content (AvgIpc) is 1.06. The van der Waals surface area contributed by atoms with E-state index in [-0.39, 0.29) is 149 Å². The summed E-state index contributed by atoms with van der Waals surface area (Å²) in [4.78, 5) is 188. The molecule has 7 aliphatic carbocycles. The highest BCUT2D eigenvalue weighted by molar-refractivity contribution is 5.89. The van der Waals surface area contributed by atoms with Crippen LogP contribution in [0.5, 0.6) is 0 Å². The smallest absolute Gasteiger partial charge is 0.225 e. The third-order valence-electron chi connectivity index (χ3n) is 34.2. The fraction of sp³-hybridized carbons (Fsp3) is 0.882. The van der Waals surface area contributed by atoms with Gasteiger partial charge in [0.15, 0.2) is 0 Å². The van der Waals surface area contributed by atoms with Gasteiger partial charge in [-0.3, -0.25) is 76.9 Å². The van der Waals surface area contributed by atoms with Crippen molar-refractivity contribution in [3.05, 3.63) is 0 Å². The molecule has 0 unspecified atom stereocenters. The summed E-state index contributed by atoms with van der Waals surface area (Å²) in [5, 5.41) is 15.6. The molecule has 28 nitrogen and oxygen atoms in total. The van der Waals surface area contributed by atoms with Crippen molar-refractivity contribution < 1.29 is 67.1 Å². The number of unbranched alkanes of at least 4 members (excludes halogenated alkanes) is 1. The van der Waals surface area contributed by atoms with Crippen molar-refractivity contribution in [2.75, 3.05) is 183 Å². The Morgan fingerprint density at radius 3 is 0.782 bits per heavy atom. The zero-order valence-corrected chi connectivity index (χ0v) is 95.0. The van der Waals surface area contributed by atoms with E-state index in [4.69, 9.17) is 5.73 Å². The summed E-state index contributed by atoms with van der Waals surface area (Å²) in [6.45, 7) is 61.1. The second kappa shape index (κ2) is 70.2. The Bertz CT molecular complexity index is 3830. The molecule has 7 amide bonds. The van der Waals surface area contributed by atoms with Gasteiger partial charge in [0, 0.05) is 262 Å². The predicted octanol–water partition coefficient (Wildman–Crippen LogP) is 16.0. The van der Waals surface area contributed by atoms with Gasteiger partial charge in [0.25, 0.3) is 0 Å². The van der Waals surface area contributed by atoms with Crippen LogP contribution < -0.4 is 32.3 Å². The van der Waals surface area contributed by atoms with Gasteiger partial charge in [-0.1, -0.05) is 132 Å². The minimum Gasteiger partial charge on any atom is -0.356 e. The van der Waals surface area contributed by atoms with E-state index in [1.165, 1.54) is 71.2 Å². The van der Waals surface area contributed by atoms with E-state index >= 15 is 0 Å². The summed E-state index contributed by atoms with van der Waals surface area (Å²) < 4.78 is 0. The van der Waals surface area contributed by atoms with Gasteiger partial charge in [0.2, 0.25) is 41.4 Å². The number of nitrogens with zero attached hydrogens (tertiary/aromatic N) is 8. The second-order valence-electron chi connectivity index (χ2n) is 48.1. The number of carbonyl (C=O) groups excluding carboxylic acids is 14. The number of piperidine rings is 1. The van der Waals surface area contributed by atoms with Crippen molar-refractivity contribution in [3.8, 4) is 0 Å². The first-order valence-electron chi connectivity index (χ1n) is 59.6. The van der Waals surface area contributed by atoms with Gasteiger partial charge in [0.1, 0.15) is 40.5 Å². The lowest BCUT2D eigenvalue weighted by atomic mass is 9.77. The highest BCUT2D eigenvalue weighted by Gasteiger charge is 2.42. The quantitative estimate of drug-likeness (QED) is 0.0313. The van der Waals surface area contributed by atoms with Crippen molar-refractivity contribution in [2.45, 2.75) is 363 Å². The molecule has 0 aromatic heterocycles. The zero-order chi connectivity index (χ0) is 107. The van der Waals surface area contributed by atoms with Crippen LogP contribution in [0.2, 0.25) is 0 Å². The first-order chi connectivity index (χ1) is 69.8. The lowest BCUT2D eigenvalue weighted by Crippen LogP contribution is -2.51. The average molecular weight is 2070 g/mol. The largest absolute Gasteiger partial charge is 0.356 e. The Balaban J connectivity index is 0.000000262. The summed E-state index contributed by atoms with van der Waals surface area (Å²) in [5.74, 6) is 8.45. The van der Waals surface area contributed by atoms with Gasteiger partial charge in [0.05, 0.1) is 0 Å². The van der Waals surface area contributed by atoms with E-state index in [2.05, 4.69) is 76.8 Å². The van der Waals surface area contributed by atoms with Crippen LogP contribution >= 0.6 is 0 Å².